The molecule has 7 nitrogen and oxygen atoms in total. The smallest absolute Gasteiger partial charge is 0.357 e. The summed E-state index contributed by atoms with van der Waals surface area (Å²) >= 11 is 0. The van der Waals surface area contributed by atoms with Gasteiger partial charge in [0.15, 0.2) is 5.96 Å². The number of carbonyl (C=O) groups excluding carboxylic acids is 2. The molecule has 156 valence electrons. The van der Waals surface area contributed by atoms with Crippen LogP contribution in [0.3, 0.4) is 0 Å². The van der Waals surface area contributed by atoms with E-state index in [2.05, 4.69) is 15.6 Å². The zero-order valence-corrected chi connectivity index (χ0v) is 17.7. The molecule has 2 rings (SSSR count). The minimum absolute atomic E-state index is 0. The molecule has 2 aliphatic heterocycles. The number of aliphatic imine (C=N–C) groups is 1. The number of amides is 2. The number of carbonyl (C=O) groups is 2. The first-order chi connectivity index (χ1) is 12.3. The van der Waals surface area contributed by atoms with Crippen molar-refractivity contribution in [3.63, 3.8) is 0 Å². The fourth-order valence-electron chi connectivity index (χ4n) is 3.17. The van der Waals surface area contributed by atoms with Crippen LogP contribution in [0.25, 0.3) is 0 Å². The topological polar surface area (TPSA) is 77.0 Å². The molecule has 1 unspecified atom stereocenters. The molecule has 0 radical (unpaired) electrons. The molecule has 1 atom stereocenters. The maximum Gasteiger partial charge on any atom is 0.401 e. The lowest BCUT2D eigenvalue weighted by Crippen LogP contribution is -2.46. The summed E-state index contributed by atoms with van der Waals surface area (Å²) in [5, 5.41) is 6.18. The Labute approximate surface area is 174 Å². The van der Waals surface area contributed by atoms with Gasteiger partial charge in [-0.3, -0.25) is 24.4 Å². The second-order valence-corrected chi connectivity index (χ2v) is 6.53. The maximum atomic E-state index is 12.5. The van der Waals surface area contributed by atoms with E-state index in [1.807, 2.05) is 6.92 Å². The summed E-state index contributed by atoms with van der Waals surface area (Å²) in [6.07, 6.45) is -2.24. The third-order valence-corrected chi connectivity index (χ3v) is 4.34. The molecule has 0 aromatic carbocycles. The van der Waals surface area contributed by atoms with Gasteiger partial charge in [0.1, 0.15) is 0 Å². The molecule has 2 aliphatic rings. The van der Waals surface area contributed by atoms with Gasteiger partial charge in [0.05, 0.1) is 13.1 Å². The zero-order chi connectivity index (χ0) is 19.2. The van der Waals surface area contributed by atoms with E-state index >= 15 is 0 Å². The molecule has 0 aliphatic carbocycles. The molecule has 0 saturated carbocycles. The summed E-state index contributed by atoms with van der Waals surface area (Å²) < 4.78 is 37.4. The fraction of sp³-hybridized carbons (Fsp3) is 0.812. The molecule has 2 amide bonds. The molecular formula is C16H27F3IN5O2. The van der Waals surface area contributed by atoms with Crippen molar-refractivity contribution in [1.29, 1.82) is 0 Å². The van der Waals surface area contributed by atoms with Crippen molar-refractivity contribution in [3.05, 3.63) is 0 Å². The molecule has 0 bridgehead atoms. The first-order valence-corrected chi connectivity index (χ1v) is 8.95. The van der Waals surface area contributed by atoms with E-state index in [9.17, 15) is 22.8 Å². The Hall–Kier alpha value is -1.11. The lowest BCUT2D eigenvalue weighted by atomic mass is 10.1. The van der Waals surface area contributed by atoms with E-state index in [4.69, 9.17) is 0 Å². The molecule has 0 spiro atoms. The molecular weight excluding hydrogens is 478 g/mol. The third-order valence-electron chi connectivity index (χ3n) is 4.34. The number of imide groups is 1. The van der Waals surface area contributed by atoms with Crippen LogP contribution in [0, 0.1) is 0 Å². The summed E-state index contributed by atoms with van der Waals surface area (Å²) in [5.41, 5.74) is 0. The Morgan fingerprint density at radius 3 is 2.52 bits per heavy atom. The van der Waals surface area contributed by atoms with Crippen LogP contribution >= 0.6 is 24.0 Å². The van der Waals surface area contributed by atoms with E-state index in [0.717, 1.165) is 0 Å². The van der Waals surface area contributed by atoms with Crippen LogP contribution in [-0.2, 0) is 9.59 Å². The maximum absolute atomic E-state index is 12.5. The molecule has 11 heteroatoms. The van der Waals surface area contributed by atoms with Crippen molar-refractivity contribution in [2.45, 2.75) is 44.8 Å². The number of rotatable bonds is 6. The third kappa shape index (κ3) is 8.20. The average molecular weight is 505 g/mol. The normalized spacial score (nSPS) is 22.0. The summed E-state index contributed by atoms with van der Waals surface area (Å²) in [4.78, 5) is 30.5. The Bertz CT molecular complexity index is 529. The number of nitrogens with zero attached hydrogens (tertiary/aromatic N) is 3. The van der Waals surface area contributed by atoms with Gasteiger partial charge in [-0.1, -0.05) is 0 Å². The number of hydrogen-bond donors (Lipinski definition) is 2. The highest BCUT2D eigenvalue weighted by Gasteiger charge is 2.34. The van der Waals surface area contributed by atoms with Crippen LogP contribution in [-0.4, -0.2) is 79.1 Å². The number of piperidine rings is 1. The first kappa shape index (κ1) is 23.9. The number of guanidine groups is 1. The van der Waals surface area contributed by atoms with E-state index in [1.54, 1.807) is 0 Å². The largest absolute Gasteiger partial charge is 0.401 e. The minimum atomic E-state index is -4.19. The fourth-order valence-corrected chi connectivity index (χ4v) is 3.17. The highest BCUT2D eigenvalue weighted by atomic mass is 127. The highest BCUT2D eigenvalue weighted by Crippen LogP contribution is 2.19. The van der Waals surface area contributed by atoms with Gasteiger partial charge in [-0.25, -0.2) is 0 Å². The second kappa shape index (κ2) is 11.0. The zero-order valence-electron chi connectivity index (χ0n) is 15.3. The van der Waals surface area contributed by atoms with Crippen molar-refractivity contribution in [3.8, 4) is 0 Å². The van der Waals surface area contributed by atoms with E-state index in [1.165, 1.54) is 9.80 Å². The molecule has 27 heavy (non-hydrogen) atoms. The van der Waals surface area contributed by atoms with E-state index in [-0.39, 0.29) is 54.9 Å². The van der Waals surface area contributed by atoms with E-state index < -0.39 is 12.7 Å². The Balaban J connectivity index is 0.00000364. The Morgan fingerprint density at radius 1 is 1.26 bits per heavy atom. The van der Waals surface area contributed by atoms with Crippen molar-refractivity contribution in [1.82, 2.24) is 20.4 Å². The average Bonchev–Trinajstić information content (AvgIpc) is 2.95. The predicted molar refractivity (Wildman–Crippen MR) is 106 cm³/mol. The molecule has 0 aromatic rings. The molecule has 2 fully saturated rings. The van der Waals surface area contributed by atoms with Gasteiger partial charge in [0, 0.05) is 45.1 Å². The van der Waals surface area contributed by atoms with Crippen molar-refractivity contribution in [2.75, 3.05) is 39.3 Å². The van der Waals surface area contributed by atoms with Crippen LogP contribution < -0.4 is 10.6 Å². The Morgan fingerprint density at radius 2 is 1.93 bits per heavy atom. The van der Waals surface area contributed by atoms with Gasteiger partial charge in [-0.2, -0.15) is 13.2 Å². The highest BCUT2D eigenvalue weighted by molar-refractivity contribution is 14.0. The SMILES string of the molecule is CCNC(=NCCN1C(=O)CCCC1=O)NC1CCN(CC(F)(F)F)C1.I. The van der Waals surface area contributed by atoms with Crippen molar-refractivity contribution >= 4 is 41.8 Å². The van der Waals surface area contributed by atoms with Crippen LogP contribution in [0.2, 0.25) is 0 Å². The minimum Gasteiger partial charge on any atom is -0.357 e. The van der Waals surface area contributed by atoms with Crippen LogP contribution in [0.1, 0.15) is 32.6 Å². The summed E-state index contributed by atoms with van der Waals surface area (Å²) in [6.45, 7) is 2.75. The van der Waals surface area contributed by atoms with Gasteiger partial charge < -0.3 is 10.6 Å². The van der Waals surface area contributed by atoms with Crippen LogP contribution in [0.15, 0.2) is 4.99 Å². The van der Waals surface area contributed by atoms with Gasteiger partial charge in [0.2, 0.25) is 11.8 Å². The summed E-state index contributed by atoms with van der Waals surface area (Å²) in [5.74, 6) is 0.143. The molecule has 2 saturated heterocycles. The van der Waals surface area contributed by atoms with Gasteiger partial charge in [0.25, 0.3) is 0 Å². The van der Waals surface area contributed by atoms with Gasteiger partial charge >= 0.3 is 6.18 Å². The van der Waals surface area contributed by atoms with Crippen molar-refractivity contribution in [2.24, 2.45) is 4.99 Å². The first-order valence-electron chi connectivity index (χ1n) is 8.95. The second-order valence-electron chi connectivity index (χ2n) is 6.53. The van der Waals surface area contributed by atoms with E-state index in [0.29, 0.717) is 51.3 Å². The molecule has 2 heterocycles. The quantitative estimate of drug-likeness (QED) is 0.247. The standard InChI is InChI=1S/C16H26F3N5O2.HI/c1-2-20-15(21-7-9-24-13(25)4-3-5-14(24)26)22-12-6-8-23(10-12)11-16(17,18)19;/h12H,2-11H2,1H3,(H2,20,21,22);1H. The van der Waals surface area contributed by atoms with Gasteiger partial charge in [-0.05, 0) is 19.8 Å². The summed E-state index contributed by atoms with van der Waals surface area (Å²) in [7, 11) is 0. The van der Waals surface area contributed by atoms with Crippen LogP contribution in [0.5, 0.6) is 0 Å². The molecule has 2 N–H and O–H groups in total. The molecule has 0 aromatic heterocycles. The summed E-state index contributed by atoms with van der Waals surface area (Å²) in [6, 6.07) is -0.117. The number of alkyl halides is 3. The monoisotopic (exact) mass is 505 g/mol. The number of halogens is 4. The Kier molecular flexibility index (Phi) is 9.77. The lowest BCUT2D eigenvalue weighted by molar-refractivity contribution is -0.148. The van der Waals surface area contributed by atoms with Crippen LogP contribution in [0.4, 0.5) is 13.2 Å². The lowest BCUT2D eigenvalue weighted by Gasteiger charge is -2.24. The number of hydrogen-bond acceptors (Lipinski definition) is 4. The number of likely N-dealkylation sites (tertiary alicyclic amines) is 2. The van der Waals surface area contributed by atoms with Crippen molar-refractivity contribution < 1.29 is 22.8 Å². The predicted octanol–water partition coefficient (Wildman–Crippen LogP) is 1.34. The number of nitrogens with one attached hydrogen (secondary N) is 2. The van der Waals surface area contributed by atoms with Gasteiger partial charge in [-0.15, -0.1) is 24.0 Å².